The number of methoxy groups -OCH3 is 3. The number of hydrogen-bond acceptors (Lipinski definition) is 9. The van der Waals surface area contributed by atoms with Crippen LogP contribution in [0, 0.1) is 5.92 Å². The number of esters is 1. The highest BCUT2D eigenvalue weighted by Gasteiger charge is 2.44. The van der Waals surface area contributed by atoms with Gasteiger partial charge in [-0.05, 0) is 13.0 Å². The maximum Gasteiger partial charge on any atom is 0.333 e. The van der Waals surface area contributed by atoms with E-state index in [-0.39, 0.29) is 17.6 Å². The molecule has 0 bridgehead atoms. The van der Waals surface area contributed by atoms with Crippen molar-refractivity contribution in [3.8, 4) is 10.7 Å². The van der Waals surface area contributed by atoms with Crippen LogP contribution in [0.15, 0.2) is 28.7 Å². The molecular formula is C20H24N2O5S2. The lowest BCUT2D eigenvalue weighted by atomic mass is 10.0. The fraction of sp³-hybridized carbons (Fsp3) is 0.450. The van der Waals surface area contributed by atoms with Gasteiger partial charge in [0, 0.05) is 23.8 Å². The normalized spacial score (nSPS) is 21.2. The van der Waals surface area contributed by atoms with Crippen LogP contribution in [-0.4, -0.2) is 50.0 Å². The molecule has 1 fully saturated rings. The van der Waals surface area contributed by atoms with Gasteiger partial charge in [0.05, 0.1) is 38.7 Å². The summed E-state index contributed by atoms with van der Waals surface area (Å²) in [5.74, 6) is -0.165. The van der Waals surface area contributed by atoms with Crippen molar-refractivity contribution in [1.82, 2.24) is 9.97 Å². The van der Waals surface area contributed by atoms with Gasteiger partial charge in [-0.3, -0.25) is 0 Å². The first-order chi connectivity index (χ1) is 13.9. The monoisotopic (exact) mass is 436 g/mol. The molecule has 1 saturated heterocycles. The Hall–Kier alpha value is -2.07. The lowest BCUT2D eigenvalue weighted by molar-refractivity contribution is -0.135. The van der Waals surface area contributed by atoms with Crippen LogP contribution < -0.4 is 0 Å². The number of carbonyl (C=O) groups is 1. The zero-order valence-electron chi connectivity index (χ0n) is 17.0. The van der Waals surface area contributed by atoms with Crippen LogP contribution in [0.5, 0.6) is 0 Å². The number of thiazole rings is 2. The number of carbonyl (C=O) groups excluding carboxylic acids is 1. The van der Waals surface area contributed by atoms with Gasteiger partial charge in [-0.2, -0.15) is 0 Å². The van der Waals surface area contributed by atoms with E-state index in [2.05, 4.69) is 14.7 Å². The van der Waals surface area contributed by atoms with Crippen molar-refractivity contribution in [2.24, 2.45) is 5.92 Å². The van der Waals surface area contributed by atoms with Gasteiger partial charge in [-0.1, -0.05) is 13.0 Å². The van der Waals surface area contributed by atoms with Gasteiger partial charge in [-0.25, -0.2) is 14.8 Å². The Bertz CT molecular complexity index is 914. The summed E-state index contributed by atoms with van der Waals surface area (Å²) in [5.41, 5.74) is 1.46. The highest BCUT2D eigenvalue weighted by atomic mass is 32.1. The van der Waals surface area contributed by atoms with Crippen molar-refractivity contribution in [2.75, 3.05) is 27.9 Å². The highest BCUT2D eigenvalue weighted by Crippen LogP contribution is 2.41. The Morgan fingerprint density at radius 3 is 2.62 bits per heavy atom. The zero-order valence-corrected chi connectivity index (χ0v) is 18.6. The molecule has 2 aromatic rings. The molecule has 2 aromatic heterocycles. The number of hydrogen-bond donors (Lipinski definition) is 0. The van der Waals surface area contributed by atoms with Crippen LogP contribution in [0.25, 0.3) is 16.8 Å². The fourth-order valence-electron chi connectivity index (χ4n) is 2.68. The Kier molecular flexibility index (Phi) is 6.84. The van der Waals surface area contributed by atoms with Gasteiger partial charge in [0.1, 0.15) is 27.1 Å². The Morgan fingerprint density at radius 1 is 1.24 bits per heavy atom. The highest BCUT2D eigenvalue weighted by molar-refractivity contribution is 7.14. The van der Waals surface area contributed by atoms with E-state index in [1.54, 1.807) is 18.4 Å². The first kappa shape index (κ1) is 21.6. The van der Waals surface area contributed by atoms with Gasteiger partial charge in [0.25, 0.3) is 0 Å². The molecule has 0 aliphatic carbocycles. The lowest BCUT2D eigenvalue weighted by Gasteiger charge is -2.21. The lowest BCUT2D eigenvalue weighted by Crippen LogP contribution is -2.21. The van der Waals surface area contributed by atoms with Crippen LogP contribution >= 0.6 is 22.7 Å². The van der Waals surface area contributed by atoms with Crippen LogP contribution in [0.4, 0.5) is 0 Å². The third-order valence-electron chi connectivity index (χ3n) is 4.64. The van der Waals surface area contributed by atoms with E-state index in [9.17, 15) is 4.79 Å². The molecule has 29 heavy (non-hydrogen) atoms. The molecule has 1 aliphatic rings. The minimum absolute atomic E-state index is 0.182. The van der Waals surface area contributed by atoms with E-state index < -0.39 is 5.97 Å². The molecule has 0 aromatic carbocycles. The molecule has 9 heteroatoms. The molecule has 3 rings (SSSR count). The molecule has 1 aliphatic heterocycles. The molecule has 0 radical (unpaired) electrons. The topological polar surface area (TPSA) is 83.1 Å². The maximum atomic E-state index is 11.5. The second-order valence-electron chi connectivity index (χ2n) is 6.76. The Labute approximate surface area is 178 Å². The summed E-state index contributed by atoms with van der Waals surface area (Å²) in [6.45, 7) is 4.68. The second kappa shape index (κ2) is 9.17. The molecule has 0 N–H and O–H groups in total. The minimum Gasteiger partial charge on any atom is -0.500 e. The number of ether oxygens (including phenoxy) is 4. The van der Waals surface area contributed by atoms with E-state index in [1.807, 2.05) is 36.8 Å². The van der Waals surface area contributed by atoms with Crippen molar-refractivity contribution >= 4 is 34.7 Å². The van der Waals surface area contributed by atoms with Crippen molar-refractivity contribution < 1.29 is 23.7 Å². The first-order valence-corrected chi connectivity index (χ1v) is 10.8. The van der Waals surface area contributed by atoms with Crippen LogP contribution in [0.2, 0.25) is 0 Å². The van der Waals surface area contributed by atoms with Gasteiger partial charge >= 0.3 is 5.97 Å². The summed E-state index contributed by atoms with van der Waals surface area (Å²) in [5, 5.41) is 5.83. The predicted octanol–water partition coefficient (Wildman–Crippen LogP) is 3.88. The largest absolute Gasteiger partial charge is 0.500 e. The van der Waals surface area contributed by atoms with Gasteiger partial charge in [-0.15, -0.1) is 22.7 Å². The third-order valence-corrected chi connectivity index (χ3v) is 6.61. The SMILES string of the molecule is COC(=O)/C=C(\OC)C(C)C(/C=C/c1csc(-c2csc(C3(C)CO3)n2)n1)OC. The molecule has 156 valence electrons. The third kappa shape index (κ3) is 5.11. The zero-order chi connectivity index (χ0) is 21.0. The summed E-state index contributed by atoms with van der Waals surface area (Å²) in [6.07, 6.45) is 4.83. The van der Waals surface area contributed by atoms with E-state index in [0.29, 0.717) is 5.76 Å². The van der Waals surface area contributed by atoms with E-state index >= 15 is 0 Å². The average Bonchev–Trinajstić information content (AvgIpc) is 3.14. The van der Waals surface area contributed by atoms with Crippen LogP contribution in [-0.2, 0) is 29.3 Å². The number of rotatable bonds is 9. The van der Waals surface area contributed by atoms with E-state index in [4.69, 9.17) is 14.2 Å². The quantitative estimate of drug-likeness (QED) is 0.255. The van der Waals surface area contributed by atoms with E-state index in [1.165, 1.54) is 31.6 Å². The van der Waals surface area contributed by atoms with Crippen LogP contribution in [0.3, 0.4) is 0 Å². The second-order valence-corrected chi connectivity index (χ2v) is 8.47. The molecule has 0 spiro atoms. The Morgan fingerprint density at radius 2 is 2.00 bits per heavy atom. The summed E-state index contributed by atoms with van der Waals surface area (Å²) in [6, 6.07) is 0. The Balaban J connectivity index is 1.70. The van der Waals surface area contributed by atoms with Gasteiger partial charge in [0.2, 0.25) is 0 Å². The molecule has 3 unspecified atom stereocenters. The maximum absolute atomic E-state index is 11.5. The first-order valence-electron chi connectivity index (χ1n) is 9.00. The van der Waals surface area contributed by atoms with Gasteiger partial charge < -0.3 is 18.9 Å². The van der Waals surface area contributed by atoms with Crippen LogP contribution in [0.1, 0.15) is 24.5 Å². The summed E-state index contributed by atoms with van der Waals surface area (Å²) < 4.78 is 21.0. The van der Waals surface area contributed by atoms with Crippen molar-refractivity contribution in [2.45, 2.75) is 25.6 Å². The summed E-state index contributed by atoms with van der Waals surface area (Å²) in [7, 11) is 4.46. The number of epoxide rings is 1. The minimum atomic E-state index is -0.468. The smallest absolute Gasteiger partial charge is 0.333 e. The van der Waals surface area contributed by atoms with Gasteiger partial charge in [0.15, 0.2) is 0 Å². The molecular weight excluding hydrogens is 412 g/mol. The molecule has 3 heterocycles. The predicted molar refractivity (Wildman–Crippen MR) is 113 cm³/mol. The number of nitrogens with zero attached hydrogens (tertiary/aromatic N) is 2. The average molecular weight is 437 g/mol. The van der Waals surface area contributed by atoms with Crippen molar-refractivity contribution in [3.05, 3.63) is 39.4 Å². The summed E-state index contributed by atoms with van der Waals surface area (Å²) in [4.78, 5) is 20.8. The van der Waals surface area contributed by atoms with Crippen molar-refractivity contribution in [3.63, 3.8) is 0 Å². The molecule has 3 atom stereocenters. The number of aromatic nitrogens is 2. The molecule has 0 saturated carbocycles. The molecule has 7 nitrogen and oxygen atoms in total. The summed E-state index contributed by atoms with van der Waals surface area (Å²) >= 11 is 3.14. The molecule has 0 amide bonds. The van der Waals surface area contributed by atoms with E-state index in [0.717, 1.165) is 28.0 Å². The standard InChI is InChI=1S/C20H24N2O5S2/c1-12(16(25-4)8-17(23)26-5)15(24-3)7-6-13-9-28-18(21-13)14-10-29-19(22-14)20(2)11-27-20/h6-10,12,15H,11H2,1-5H3/b7-6+,16-8-. The van der Waals surface area contributed by atoms with Crippen molar-refractivity contribution in [1.29, 1.82) is 0 Å². The fourth-order valence-corrected chi connectivity index (χ4v) is 4.41.